The molecule has 0 fully saturated rings. The van der Waals surface area contributed by atoms with E-state index in [1.807, 2.05) is 31.2 Å². The Balaban J connectivity index is 1.82. The monoisotopic (exact) mass is 357 g/mol. The van der Waals surface area contributed by atoms with Gasteiger partial charge in [-0.1, -0.05) is 18.2 Å². The Hall–Kier alpha value is -3.00. The van der Waals surface area contributed by atoms with E-state index < -0.39 is 0 Å². The maximum Gasteiger partial charge on any atom is 0.216 e. The molecule has 0 unspecified atom stereocenters. The highest BCUT2D eigenvalue weighted by Gasteiger charge is 2.08. The van der Waals surface area contributed by atoms with Gasteiger partial charge in [-0.05, 0) is 49.5 Å². The van der Waals surface area contributed by atoms with Crippen LogP contribution in [0.25, 0.3) is 11.4 Å². The van der Waals surface area contributed by atoms with Gasteiger partial charge in [-0.3, -0.25) is 0 Å². The lowest BCUT2D eigenvalue weighted by molar-refractivity contribution is 0.340. The van der Waals surface area contributed by atoms with Gasteiger partial charge in [0.1, 0.15) is 11.6 Å². The third-order valence-electron chi connectivity index (χ3n) is 3.36. The predicted octanol–water partition coefficient (Wildman–Crippen LogP) is 3.72. The molecule has 1 heterocycles. The van der Waals surface area contributed by atoms with Crippen LogP contribution in [-0.2, 0) is 0 Å². The van der Waals surface area contributed by atoms with Gasteiger partial charge in [0.2, 0.25) is 4.77 Å². The Kier molecular flexibility index (Phi) is 5.20. The highest BCUT2D eigenvalue weighted by atomic mass is 32.1. The molecule has 128 valence electrons. The molecule has 8 heteroatoms. The first-order valence-corrected chi connectivity index (χ1v) is 8.04. The van der Waals surface area contributed by atoms with Crippen LogP contribution in [0.3, 0.4) is 0 Å². The fraction of sp³-hybridized carbons (Fsp3) is 0.118. The van der Waals surface area contributed by atoms with E-state index >= 15 is 0 Å². The highest BCUT2D eigenvalue weighted by molar-refractivity contribution is 7.71. The first-order chi connectivity index (χ1) is 12.2. The van der Waals surface area contributed by atoms with Crippen molar-refractivity contribution in [3.8, 4) is 17.1 Å². The van der Waals surface area contributed by atoms with Crippen molar-refractivity contribution in [1.82, 2.24) is 14.9 Å². The van der Waals surface area contributed by atoms with Crippen LogP contribution in [-0.4, -0.2) is 27.7 Å². The molecule has 0 aliphatic rings. The lowest BCUT2D eigenvalue weighted by Crippen LogP contribution is -2.11. The molecule has 0 amide bonds. The minimum atomic E-state index is -0.351. The summed E-state index contributed by atoms with van der Waals surface area (Å²) < 4.78 is 20.9. The fourth-order valence-electron chi connectivity index (χ4n) is 2.19. The first kappa shape index (κ1) is 16.8. The molecule has 0 saturated carbocycles. The number of aromatic nitrogens is 3. The van der Waals surface area contributed by atoms with Crippen molar-refractivity contribution < 1.29 is 9.13 Å². The van der Waals surface area contributed by atoms with E-state index in [4.69, 9.17) is 17.0 Å². The van der Waals surface area contributed by atoms with E-state index in [0.29, 0.717) is 22.8 Å². The van der Waals surface area contributed by atoms with E-state index in [1.165, 1.54) is 17.0 Å². The number of H-pyrrole nitrogens is 1. The summed E-state index contributed by atoms with van der Waals surface area (Å²) in [4.78, 5) is 0. The molecule has 2 N–H and O–H groups in total. The highest BCUT2D eigenvalue weighted by Crippen LogP contribution is 2.20. The maximum atomic E-state index is 13.6. The lowest BCUT2D eigenvalue weighted by Gasteiger charge is -2.07. The summed E-state index contributed by atoms with van der Waals surface area (Å²) in [6.45, 7) is 2.53. The minimum absolute atomic E-state index is 0.342. The Morgan fingerprint density at radius 1 is 1.28 bits per heavy atom. The molecular formula is C17H16FN5OS. The Bertz CT molecular complexity index is 933. The van der Waals surface area contributed by atoms with Gasteiger partial charge in [0.15, 0.2) is 5.82 Å². The SMILES string of the molecule is CCOc1ccc(-c2n[nH]c(=S)n2NN=Cc2ccccc2F)cc1. The third kappa shape index (κ3) is 3.92. The molecule has 3 rings (SSSR count). The lowest BCUT2D eigenvalue weighted by atomic mass is 10.2. The van der Waals surface area contributed by atoms with Crippen molar-refractivity contribution in [3.05, 3.63) is 64.7 Å². The average Bonchev–Trinajstić information content (AvgIpc) is 2.98. The van der Waals surface area contributed by atoms with Crippen molar-refractivity contribution in [2.45, 2.75) is 6.92 Å². The van der Waals surface area contributed by atoms with Crippen LogP contribution in [0.1, 0.15) is 12.5 Å². The number of hydrazone groups is 1. The van der Waals surface area contributed by atoms with Crippen molar-refractivity contribution in [2.75, 3.05) is 12.1 Å². The number of halogens is 1. The van der Waals surface area contributed by atoms with Crippen molar-refractivity contribution in [2.24, 2.45) is 5.10 Å². The van der Waals surface area contributed by atoms with Crippen LogP contribution in [0, 0.1) is 10.6 Å². The molecule has 0 saturated heterocycles. The quantitative estimate of drug-likeness (QED) is 0.401. The van der Waals surface area contributed by atoms with Crippen molar-refractivity contribution in [3.63, 3.8) is 0 Å². The van der Waals surface area contributed by atoms with Gasteiger partial charge in [0, 0.05) is 11.1 Å². The zero-order valence-corrected chi connectivity index (χ0v) is 14.3. The minimum Gasteiger partial charge on any atom is -0.494 e. The smallest absolute Gasteiger partial charge is 0.216 e. The average molecular weight is 357 g/mol. The summed E-state index contributed by atoms with van der Waals surface area (Å²) in [5, 5.41) is 10.9. The van der Waals surface area contributed by atoms with Gasteiger partial charge < -0.3 is 4.74 Å². The number of benzene rings is 2. The maximum absolute atomic E-state index is 13.6. The number of nitrogens with zero attached hydrogens (tertiary/aromatic N) is 3. The molecule has 3 aromatic rings. The van der Waals surface area contributed by atoms with Crippen LogP contribution in [0.4, 0.5) is 4.39 Å². The number of hydrogen-bond donors (Lipinski definition) is 2. The number of nitrogens with one attached hydrogen (secondary N) is 2. The number of hydrogen-bond acceptors (Lipinski definition) is 5. The Morgan fingerprint density at radius 2 is 2.04 bits per heavy atom. The summed E-state index contributed by atoms with van der Waals surface area (Å²) in [5.74, 6) is 0.978. The predicted molar refractivity (Wildman–Crippen MR) is 97.4 cm³/mol. The standard InChI is InChI=1S/C17H16FN5OS/c1-2-24-14-9-7-12(8-10-14)16-20-21-17(25)23(16)22-19-11-13-5-3-4-6-15(13)18/h3-11,22H,2H2,1H3,(H,21,25). The molecule has 0 aliphatic heterocycles. The van der Waals surface area contributed by atoms with Crippen LogP contribution >= 0.6 is 12.2 Å². The van der Waals surface area contributed by atoms with Gasteiger partial charge >= 0.3 is 0 Å². The third-order valence-corrected chi connectivity index (χ3v) is 3.64. The molecule has 0 atom stereocenters. The molecule has 2 aromatic carbocycles. The molecule has 0 radical (unpaired) electrons. The second kappa shape index (κ2) is 7.71. The Labute approximate surface area is 148 Å². The molecule has 0 bridgehead atoms. The van der Waals surface area contributed by atoms with Crippen LogP contribution < -0.4 is 10.3 Å². The number of ether oxygens (including phenoxy) is 1. The fourth-order valence-corrected chi connectivity index (χ4v) is 2.36. The van der Waals surface area contributed by atoms with Crippen molar-refractivity contribution in [1.29, 1.82) is 0 Å². The van der Waals surface area contributed by atoms with E-state index in [2.05, 4.69) is 20.8 Å². The summed E-state index contributed by atoms with van der Waals surface area (Å²) in [5.41, 5.74) is 3.96. The van der Waals surface area contributed by atoms with Gasteiger partial charge in [-0.15, -0.1) is 0 Å². The largest absolute Gasteiger partial charge is 0.494 e. The zero-order valence-electron chi connectivity index (χ0n) is 13.4. The summed E-state index contributed by atoms with van der Waals surface area (Å²) in [6.07, 6.45) is 1.38. The first-order valence-electron chi connectivity index (χ1n) is 7.63. The Morgan fingerprint density at radius 3 is 2.76 bits per heavy atom. The van der Waals surface area contributed by atoms with Gasteiger partial charge in [0.25, 0.3) is 0 Å². The zero-order chi connectivity index (χ0) is 17.6. The number of rotatable bonds is 6. The van der Waals surface area contributed by atoms with Crippen LogP contribution in [0.2, 0.25) is 0 Å². The van der Waals surface area contributed by atoms with Gasteiger partial charge in [-0.2, -0.15) is 14.9 Å². The molecule has 0 spiro atoms. The topological polar surface area (TPSA) is 67.2 Å². The molecular weight excluding hydrogens is 341 g/mol. The van der Waals surface area contributed by atoms with E-state index in [-0.39, 0.29) is 5.82 Å². The van der Waals surface area contributed by atoms with Crippen LogP contribution in [0.15, 0.2) is 53.6 Å². The number of aromatic amines is 1. The second-order valence-electron chi connectivity index (χ2n) is 5.02. The summed E-state index contributed by atoms with van der Waals surface area (Å²) >= 11 is 5.21. The molecule has 25 heavy (non-hydrogen) atoms. The summed E-state index contributed by atoms with van der Waals surface area (Å²) in [6, 6.07) is 13.8. The van der Waals surface area contributed by atoms with Gasteiger partial charge in [-0.25, -0.2) is 15.0 Å². The van der Waals surface area contributed by atoms with Crippen LogP contribution in [0.5, 0.6) is 5.75 Å². The molecule has 6 nitrogen and oxygen atoms in total. The second-order valence-corrected chi connectivity index (χ2v) is 5.41. The molecule has 0 aliphatic carbocycles. The summed E-state index contributed by atoms with van der Waals surface area (Å²) in [7, 11) is 0. The van der Waals surface area contributed by atoms with Crippen molar-refractivity contribution >= 4 is 18.4 Å². The van der Waals surface area contributed by atoms with E-state index in [1.54, 1.807) is 18.2 Å². The van der Waals surface area contributed by atoms with Gasteiger partial charge in [0.05, 0.1) is 12.8 Å². The van der Waals surface area contributed by atoms with E-state index in [9.17, 15) is 4.39 Å². The van der Waals surface area contributed by atoms with E-state index in [0.717, 1.165) is 11.3 Å². The molecule has 1 aromatic heterocycles. The normalized spacial score (nSPS) is 11.0.